The maximum absolute atomic E-state index is 11.5. The molecule has 0 aromatic heterocycles. The van der Waals surface area contributed by atoms with Crippen molar-refractivity contribution in [3.8, 4) is 5.75 Å². The summed E-state index contributed by atoms with van der Waals surface area (Å²) in [5.74, 6) is -0.0272. The molecular weight excluding hydrogens is 194 g/mol. The SMILES string of the molecule is COC(=O)c1c(N)cccc1OC(C)C. The van der Waals surface area contributed by atoms with Crippen LogP contribution in [0.4, 0.5) is 5.69 Å². The summed E-state index contributed by atoms with van der Waals surface area (Å²) in [6, 6.07) is 5.07. The lowest BCUT2D eigenvalue weighted by Gasteiger charge is -2.14. The fraction of sp³-hybridized carbons (Fsp3) is 0.364. The zero-order chi connectivity index (χ0) is 11.4. The summed E-state index contributed by atoms with van der Waals surface area (Å²) in [5.41, 5.74) is 6.34. The number of hydrogen-bond donors (Lipinski definition) is 1. The number of carbonyl (C=O) groups is 1. The molecule has 0 saturated heterocycles. The maximum Gasteiger partial charge on any atom is 0.343 e. The van der Waals surface area contributed by atoms with Crippen molar-refractivity contribution < 1.29 is 14.3 Å². The molecule has 0 aliphatic carbocycles. The van der Waals surface area contributed by atoms with Gasteiger partial charge >= 0.3 is 5.97 Å². The Kier molecular flexibility index (Phi) is 3.55. The molecule has 0 saturated carbocycles. The van der Waals surface area contributed by atoms with E-state index in [4.69, 9.17) is 10.5 Å². The van der Waals surface area contributed by atoms with E-state index in [1.165, 1.54) is 7.11 Å². The van der Waals surface area contributed by atoms with Crippen molar-refractivity contribution in [2.24, 2.45) is 0 Å². The molecule has 2 N–H and O–H groups in total. The lowest BCUT2D eigenvalue weighted by molar-refractivity contribution is 0.0595. The molecule has 1 aromatic rings. The van der Waals surface area contributed by atoms with E-state index < -0.39 is 5.97 Å². The molecule has 0 atom stereocenters. The number of benzene rings is 1. The van der Waals surface area contributed by atoms with Crippen molar-refractivity contribution in [3.05, 3.63) is 23.8 Å². The van der Waals surface area contributed by atoms with Crippen LogP contribution in [-0.2, 0) is 4.74 Å². The summed E-state index contributed by atoms with van der Waals surface area (Å²) in [4.78, 5) is 11.5. The highest BCUT2D eigenvalue weighted by Gasteiger charge is 2.17. The van der Waals surface area contributed by atoms with Gasteiger partial charge in [0.25, 0.3) is 0 Å². The van der Waals surface area contributed by atoms with E-state index in [9.17, 15) is 4.79 Å². The maximum atomic E-state index is 11.5. The molecule has 0 radical (unpaired) electrons. The summed E-state index contributed by atoms with van der Waals surface area (Å²) >= 11 is 0. The number of ether oxygens (including phenoxy) is 2. The Morgan fingerprint density at radius 3 is 2.60 bits per heavy atom. The third-order valence-corrected chi connectivity index (χ3v) is 1.81. The van der Waals surface area contributed by atoms with Gasteiger partial charge in [0.05, 0.1) is 13.2 Å². The summed E-state index contributed by atoms with van der Waals surface area (Å²) in [7, 11) is 1.31. The molecule has 4 heteroatoms. The van der Waals surface area contributed by atoms with Gasteiger partial charge in [-0.15, -0.1) is 0 Å². The van der Waals surface area contributed by atoms with E-state index in [0.717, 1.165) is 0 Å². The van der Waals surface area contributed by atoms with Gasteiger partial charge in [-0.1, -0.05) is 6.07 Å². The van der Waals surface area contributed by atoms with E-state index in [1.54, 1.807) is 18.2 Å². The fourth-order valence-electron chi connectivity index (χ4n) is 1.22. The Morgan fingerprint density at radius 2 is 2.07 bits per heavy atom. The summed E-state index contributed by atoms with van der Waals surface area (Å²) in [5, 5.41) is 0. The topological polar surface area (TPSA) is 61.5 Å². The minimum Gasteiger partial charge on any atom is -0.490 e. The highest BCUT2D eigenvalue weighted by atomic mass is 16.5. The molecular formula is C11H15NO3. The first-order valence-corrected chi connectivity index (χ1v) is 4.69. The third-order valence-electron chi connectivity index (χ3n) is 1.81. The van der Waals surface area contributed by atoms with Crippen LogP contribution in [-0.4, -0.2) is 19.2 Å². The first-order valence-electron chi connectivity index (χ1n) is 4.69. The molecule has 0 aliphatic rings. The molecule has 4 nitrogen and oxygen atoms in total. The van der Waals surface area contributed by atoms with Gasteiger partial charge < -0.3 is 15.2 Å². The van der Waals surface area contributed by atoms with Gasteiger partial charge in [-0.05, 0) is 26.0 Å². The van der Waals surface area contributed by atoms with Crippen molar-refractivity contribution in [2.75, 3.05) is 12.8 Å². The van der Waals surface area contributed by atoms with Gasteiger partial charge in [-0.3, -0.25) is 0 Å². The molecule has 0 unspecified atom stereocenters. The molecule has 82 valence electrons. The molecule has 0 amide bonds. The van der Waals surface area contributed by atoms with Gasteiger partial charge in [-0.2, -0.15) is 0 Å². The van der Waals surface area contributed by atoms with E-state index in [1.807, 2.05) is 13.8 Å². The van der Waals surface area contributed by atoms with Gasteiger partial charge in [0.2, 0.25) is 0 Å². The second kappa shape index (κ2) is 4.68. The minimum absolute atomic E-state index is 0.0183. The lowest BCUT2D eigenvalue weighted by atomic mass is 10.1. The Morgan fingerprint density at radius 1 is 1.40 bits per heavy atom. The number of hydrogen-bond acceptors (Lipinski definition) is 4. The standard InChI is InChI=1S/C11H15NO3/c1-7(2)15-9-6-4-5-8(12)10(9)11(13)14-3/h4-7H,12H2,1-3H3. The number of carbonyl (C=O) groups excluding carboxylic acids is 1. The average molecular weight is 209 g/mol. The molecule has 0 fully saturated rings. The van der Waals surface area contributed by atoms with Crippen LogP contribution in [0.15, 0.2) is 18.2 Å². The number of methoxy groups -OCH3 is 1. The monoisotopic (exact) mass is 209 g/mol. The van der Waals surface area contributed by atoms with Crippen LogP contribution in [0.5, 0.6) is 5.75 Å². The minimum atomic E-state index is -0.483. The van der Waals surface area contributed by atoms with E-state index in [2.05, 4.69) is 4.74 Å². The molecule has 1 aromatic carbocycles. The molecule has 0 spiro atoms. The van der Waals surface area contributed by atoms with E-state index in [0.29, 0.717) is 11.4 Å². The predicted octanol–water partition coefficient (Wildman–Crippen LogP) is 1.84. The smallest absolute Gasteiger partial charge is 0.343 e. The third kappa shape index (κ3) is 2.62. The van der Waals surface area contributed by atoms with Crippen molar-refractivity contribution >= 4 is 11.7 Å². The van der Waals surface area contributed by atoms with Crippen LogP contribution in [0.2, 0.25) is 0 Å². The predicted molar refractivity (Wildman–Crippen MR) is 58.0 cm³/mol. The quantitative estimate of drug-likeness (QED) is 0.609. The average Bonchev–Trinajstić information content (AvgIpc) is 2.16. The molecule has 0 aliphatic heterocycles. The highest BCUT2D eigenvalue weighted by Crippen LogP contribution is 2.25. The van der Waals surface area contributed by atoms with Crippen molar-refractivity contribution in [1.29, 1.82) is 0 Å². The molecule has 15 heavy (non-hydrogen) atoms. The number of esters is 1. The number of nitrogens with two attached hydrogens (primary N) is 1. The number of rotatable bonds is 3. The van der Waals surface area contributed by atoms with Crippen molar-refractivity contribution in [3.63, 3.8) is 0 Å². The zero-order valence-corrected chi connectivity index (χ0v) is 9.11. The second-order valence-electron chi connectivity index (χ2n) is 3.38. The van der Waals surface area contributed by atoms with Crippen LogP contribution < -0.4 is 10.5 Å². The fourth-order valence-corrected chi connectivity index (χ4v) is 1.22. The number of nitrogen functional groups attached to an aromatic ring is 1. The molecule has 1 rings (SSSR count). The van der Waals surface area contributed by atoms with Crippen LogP contribution in [0, 0.1) is 0 Å². The van der Waals surface area contributed by atoms with Gasteiger partial charge in [0, 0.05) is 5.69 Å². The Labute approximate surface area is 89.0 Å². The van der Waals surface area contributed by atoms with Crippen LogP contribution in [0.25, 0.3) is 0 Å². The first kappa shape index (κ1) is 11.4. The van der Waals surface area contributed by atoms with Crippen LogP contribution >= 0.6 is 0 Å². The Hall–Kier alpha value is -1.71. The van der Waals surface area contributed by atoms with Gasteiger partial charge in [-0.25, -0.2) is 4.79 Å². The lowest BCUT2D eigenvalue weighted by Crippen LogP contribution is -2.12. The zero-order valence-electron chi connectivity index (χ0n) is 9.11. The van der Waals surface area contributed by atoms with Crippen LogP contribution in [0.1, 0.15) is 24.2 Å². The normalized spacial score (nSPS) is 10.1. The largest absolute Gasteiger partial charge is 0.490 e. The van der Waals surface area contributed by atoms with Gasteiger partial charge in [0.15, 0.2) is 0 Å². The summed E-state index contributed by atoms with van der Waals surface area (Å²) in [6.07, 6.45) is -0.0183. The Balaban J connectivity index is 3.14. The molecule has 0 heterocycles. The Bertz CT molecular complexity index is 361. The number of anilines is 1. The van der Waals surface area contributed by atoms with E-state index in [-0.39, 0.29) is 11.7 Å². The van der Waals surface area contributed by atoms with Gasteiger partial charge in [0.1, 0.15) is 11.3 Å². The van der Waals surface area contributed by atoms with Crippen molar-refractivity contribution in [2.45, 2.75) is 20.0 Å². The first-order chi connectivity index (χ1) is 7.06. The highest BCUT2D eigenvalue weighted by molar-refractivity contribution is 5.98. The summed E-state index contributed by atoms with van der Waals surface area (Å²) in [6.45, 7) is 3.76. The summed E-state index contributed by atoms with van der Waals surface area (Å²) < 4.78 is 10.1. The van der Waals surface area contributed by atoms with Crippen LogP contribution in [0.3, 0.4) is 0 Å². The van der Waals surface area contributed by atoms with E-state index >= 15 is 0 Å². The molecule has 0 bridgehead atoms. The second-order valence-corrected chi connectivity index (χ2v) is 3.38. The van der Waals surface area contributed by atoms with Crippen molar-refractivity contribution in [1.82, 2.24) is 0 Å².